The quantitative estimate of drug-likeness (QED) is 0.671. The van der Waals surface area contributed by atoms with E-state index in [9.17, 15) is 9.59 Å². The Labute approximate surface area is 92.4 Å². The standard InChI is InChI=1S/C10H14N2O4/c1-2-7(11)9(13)12-5-6-3-4-8(16-6)10(14)15/h3-4,7H,2,5,11H2,1H3,(H,12,13)(H,14,15). The summed E-state index contributed by atoms with van der Waals surface area (Å²) < 4.78 is 4.95. The summed E-state index contributed by atoms with van der Waals surface area (Å²) in [7, 11) is 0. The topological polar surface area (TPSA) is 106 Å². The molecule has 0 saturated heterocycles. The molecule has 0 radical (unpaired) electrons. The Morgan fingerprint density at radius 2 is 2.25 bits per heavy atom. The lowest BCUT2D eigenvalue weighted by Crippen LogP contribution is -2.39. The number of nitrogens with two attached hydrogens (primary N) is 1. The maximum absolute atomic E-state index is 11.3. The number of rotatable bonds is 5. The average molecular weight is 226 g/mol. The predicted octanol–water partition coefficient (Wildman–Crippen LogP) is 0.331. The first kappa shape index (κ1) is 12.3. The lowest BCUT2D eigenvalue weighted by Gasteiger charge is -2.08. The number of hydrogen-bond donors (Lipinski definition) is 3. The molecule has 1 heterocycles. The van der Waals surface area contributed by atoms with E-state index in [2.05, 4.69) is 5.32 Å². The maximum Gasteiger partial charge on any atom is 0.371 e. The van der Waals surface area contributed by atoms with Crippen LogP contribution < -0.4 is 11.1 Å². The fourth-order valence-electron chi connectivity index (χ4n) is 1.08. The summed E-state index contributed by atoms with van der Waals surface area (Å²) in [4.78, 5) is 21.8. The van der Waals surface area contributed by atoms with Crippen molar-refractivity contribution in [2.45, 2.75) is 25.9 Å². The minimum absolute atomic E-state index is 0.139. The first-order valence-corrected chi connectivity index (χ1v) is 4.90. The molecule has 1 aromatic rings. The fourth-order valence-corrected chi connectivity index (χ4v) is 1.08. The highest BCUT2D eigenvalue weighted by Gasteiger charge is 2.12. The number of aromatic carboxylic acids is 1. The number of carboxylic acid groups (broad SMARTS) is 1. The van der Waals surface area contributed by atoms with Crippen molar-refractivity contribution in [3.05, 3.63) is 23.7 Å². The van der Waals surface area contributed by atoms with E-state index >= 15 is 0 Å². The molecule has 0 fully saturated rings. The van der Waals surface area contributed by atoms with Crippen LogP contribution in [0.2, 0.25) is 0 Å². The van der Waals surface area contributed by atoms with Gasteiger partial charge in [0, 0.05) is 0 Å². The van der Waals surface area contributed by atoms with Crippen LogP contribution in [0.25, 0.3) is 0 Å². The molecule has 0 spiro atoms. The summed E-state index contributed by atoms with van der Waals surface area (Å²) in [5, 5.41) is 11.2. The molecule has 0 aliphatic heterocycles. The van der Waals surface area contributed by atoms with Gasteiger partial charge in [0.2, 0.25) is 11.7 Å². The van der Waals surface area contributed by atoms with Crippen molar-refractivity contribution in [2.24, 2.45) is 5.73 Å². The zero-order valence-electron chi connectivity index (χ0n) is 8.90. The number of carbonyl (C=O) groups is 2. The highest BCUT2D eigenvalue weighted by molar-refractivity contribution is 5.84. The molecule has 0 aliphatic rings. The summed E-state index contributed by atoms with van der Waals surface area (Å²) in [5.74, 6) is -1.18. The maximum atomic E-state index is 11.3. The second kappa shape index (κ2) is 5.32. The third kappa shape index (κ3) is 3.09. The van der Waals surface area contributed by atoms with Crippen LogP contribution in [0.1, 0.15) is 29.7 Å². The van der Waals surface area contributed by atoms with Gasteiger partial charge in [0.25, 0.3) is 0 Å². The minimum atomic E-state index is -1.14. The Balaban J connectivity index is 2.48. The van der Waals surface area contributed by atoms with Gasteiger partial charge in [0.15, 0.2) is 0 Å². The van der Waals surface area contributed by atoms with Crippen LogP contribution in [0.4, 0.5) is 0 Å². The van der Waals surface area contributed by atoms with E-state index in [4.69, 9.17) is 15.3 Å². The summed E-state index contributed by atoms with van der Waals surface area (Å²) >= 11 is 0. The van der Waals surface area contributed by atoms with Crippen molar-refractivity contribution >= 4 is 11.9 Å². The molecule has 1 amide bonds. The SMILES string of the molecule is CCC(N)C(=O)NCc1ccc(C(=O)O)o1. The molecule has 0 aliphatic carbocycles. The number of nitrogens with one attached hydrogen (secondary N) is 1. The van der Waals surface area contributed by atoms with Crippen LogP contribution in [0.15, 0.2) is 16.5 Å². The Morgan fingerprint density at radius 3 is 2.75 bits per heavy atom. The van der Waals surface area contributed by atoms with Crippen molar-refractivity contribution in [2.75, 3.05) is 0 Å². The zero-order chi connectivity index (χ0) is 12.1. The summed E-state index contributed by atoms with van der Waals surface area (Å²) in [5.41, 5.74) is 5.50. The van der Waals surface area contributed by atoms with Crippen LogP contribution in [0, 0.1) is 0 Å². The van der Waals surface area contributed by atoms with Crippen molar-refractivity contribution in [1.82, 2.24) is 5.32 Å². The van der Waals surface area contributed by atoms with Crippen molar-refractivity contribution in [1.29, 1.82) is 0 Å². The van der Waals surface area contributed by atoms with Gasteiger partial charge >= 0.3 is 5.97 Å². The highest BCUT2D eigenvalue weighted by atomic mass is 16.4. The molecule has 1 unspecified atom stereocenters. The molecule has 1 aromatic heterocycles. The lowest BCUT2D eigenvalue weighted by molar-refractivity contribution is -0.122. The molecule has 6 heteroatoms. The Bertz CT molecular complexity index is 386. The largest absolute Gasteiger partial charge is 0.475 e. The van der Waals surface area contributed by atoms with Gasteiger partial charge in [0.05, 0.1) is 12.6 Å². The van der Waals surface area contributed by atoms with Gasteiger partial charge in [-0.15, -0.1) is 0 Å². The molecule has 6 nitrogen and oxygen atoms in total. The summed E-state index contributed by atoms with van der Waals surface area (Å²) in [6.45, 7) is 1.94. The third-order valence-corrected chi connectivity index (χ3v) is 2.09. The van der Waals surface area contributed by atoms with Gasteiger partial charge in [0.1, 0.15) is 5.76 Å². The number of carbonyl (C=O) groups excluding carboxylic acids is 1. The number of furan rings is 1. The van der Waals surface area contributed by atoms with Crippen LogP contribution in [-0.4, -0.2) is 23.0 Å². The van der Waals surface area contributed by atoms with Crippen LogP contribution in [-0.2, 0) is 11.3 Å². The molecule has 1 rings (SSSR count). The number of amides is 1. The van der Waals surface area contributed by atoms with Gasteiger partial charge in [-0.05, 0) is 18.6 Å². The van der Waals surface area contributed by atoms with E-state index in [-0.39, 0.29) is 18.2 Å². The molecule has 88 valence electrons. The number of hydrogen-bond acceptors (Lipinski definition) is 4. The highest BCUT2D eigenvalue weighted by Crippen LogP contribution is 2.07. The molecular weight excluding hydrogens is 212 g/mol. The fraction of sp³-hybridized carbons (Fsp3) is 0.400. The van der Waals surface area contributed by atoms with Crippen molar-refractivity contribution in [3.63, 3.8) is 0 Å². The van der Waals surface area contributed by atoms with Crippen LogP contribution in [0.3, 0.4) is 0 Å². The van der Waals surface area contributed by atoms with Gasteiger partial charge in [-0.3, -0.25) is 4.79 Å². The third-order valence-electron chi connectivity index (χ3n) is 2.09. The lowest BCUT2D eigenvalue weighted by atomic mass is 10.2. The predicted molar refractivity (Wildman–Crippen MR) is 55.8 cm³/mol. The molecule has 4 N–H and O–H groups in total. The summed E-state index contributed by atoms with van der Waals surface area (Å²) in [6.07, 6.45) is 0.546. The van der Waals surface area contributed by atoms with Gasteiger partial charge in [-0.2, -0.15) is 0 Å². The number of carboxylic acids is 1. The first-order valence-electron chi connectivity index (χ1n) is 4.90. The van der Waals surface area contributed by atoms with E-state index in [0.717, 1.165) is 0 Å². The van der Waals surface area contributed by atoms with Crippen molar-refractivity contribution < 1.29 is 19.1 Å². The molecule has 0 saturated carbocycles. The second-order valence-electron chi connectivity index (χ2n) is 3.30. The molecule has 16 heavy (non-hydrogen) atoms. The Hall–Kier alpha value is -1.82. The summed E-state index contributed by atoms with van der Waals surface area (Å²) in [6, 6.07) is 2.29. The molecular formula is C10H14N2O4. The smallest absolute Gasteiger partial charge is 0.371 e. The van der Waals surface area contributed by atoms with E-state index in [1.54, 1.807) is 6.92 Å². The monoisotopic (exact) mass is 226 g/mol. The van der Waals surface area contributed by atoms with Gasteiger partial charge in [-0.1, -0.05) is 6.92 Å². The van der Waals surface area contributed by atoms with Gasteiger partial charge < -0.3 is 20.6 Å². The Morgan fingerprint density at radius 1 is 1.56 bits per heavy atom. The average Bonchev–Trinajstić information content (AvgIpc) is 2.73. The van der Waals surface area contributed by atoms with Gasteiger partial charge in [-0.25, -0.2) is 4.79 Å². The van der Waals surface area contributed by atoms with E-state index < -0.39 is 12.0 Å². The zero-order valence-corrected chi connectivity index (χ0v) is 8.90. The van der Waals surface area contributed by atoms with E-state index in [1.165, 1.54) is 12.1 Å². The minimum Gasteiger partial charge on any atom is -0.475 e. The normalized spacial score (nSPS) is 12.1. The molecule has 0 bridgehead atoms. The van der Waals surface area contributed by atoms with Crippen LogP contribution in [0.5, 0.6) is 0 Å². The molecule has 1 atom stereocenters. The van der Waals surface area contributed by atoms with E-state index in [0.29, 0.717) is 12.2 Å². The molecule has 0 aromatic carbocycles. The van der Waals surface area contributed by atoms with Crippen molar-refractivity contribution in [3.8, 4) is 0 Å². The first-order chi connectivity index (χ1) is 7.54. The Kier molecular flexibility index (Phi) is 4.07. The second-order valence-corrected chi connectivity index (χ2v) is 3.30. The van der Waals surface area contributed by atoms with Crippen LogP contribution >= 0.6 is 0 Å². The van der Waals surface area contributed by atoms with E-state index in [1.807, 2.05) is 0 Å².